The summed E-state index contributed by atoms with van der Waals surface area (Å²) in [7, 11) is 0. The smallest absolute Gasteiger partial charge is 0.310 e. The third-order valence-electron chi connectivity index (χ3n) is 9.72. The van der Waals surface area contributed by atoms with Crippen LogP contribution in [0, 0.1) is 34.5 Å². The van der Waals surface area contributed by atoms with E-state index in [-0.39, 0.29) is 35.5 Å². The highest BCUT2D eigenvalue weighted by Gasteiger charge is 2.63. The van der Waals surface area contributed by atoms with Gasteiger partial charge in [0.1, 0.15) is 11.4 Å². The SMILES string of the molecule is CC(C)(C)OC(=O)C1CCC2C3C=C(F)C4=Cc5c(cnn5-c5ccccc5)CC4(C)C3C(O)CC12C. The van der Waals surface area contributed by atoms with Crippen LogP contribution in [0.2, 0.25) is 0 Å². The average molecular weight is 505 g/mol. The fourth-order valence-electron chi connectivity index (χ4n) is 8.25. The lowest BCUT2D eigenvalue weighted by atomic mass is 9.47. The first-order valence-electron chi connectivity index (χ1n) is 13.6. The lowest BCUT2D eigenvalue weighted by Gasteiger charge is -2.57. The van der Waals surface area contributed by atoms with Gasteiger partial charge in [-0.3, -0.25) is 4.79 Å². The van der Waals surface area contributed by atoms with E-state index in [0.29, 0.717) is 18.4 Å². The van der Waals surface area contributed by atoms with E-state index in [9.17, 15) is 9.90 Å². The molecule has 2 saturated carbocycles. The van der Waals surface area contributed by atoms with Crippen molar-refractivity contribution < 1.29 is 19.0 Å². The lowest BCUT2D eigenvalue weighted by Crippen LogP contribution is -2.56. The zero-order chi connectivity index (χ0) is 26.3. The summed E-state index contributed by atoms with van der Waals surface area (Å²) in [6.45, 7) is 9.88. The monoisotopic (exact) mass is 504 g/mol. The predicted octanol–water partition coefficient (Wildman–Crippen LogP) is 6.06. The second-order valence-corrected chi connectivity index (χ2v) is 13.1. The number of benzene rings is 1. The number of carbonyl (C=O) groups is 1. The molecule has 0 amide bonds. The number of aliphatic hydroxyl groups excluding tert-OH is 1. The Morgan fingerprint density at radius 2 is 1.92 bits per heavy atom. The first-order chi connectivity index (χ1) is 17.4. The van der Waals surface area contributed by atoms with Crippen molar-refractivity contribution in [2.75, 3.05) is 0 Å². The maximum atomic E-state index is 16.0. The number of aliphatic hydroxyl groups is 1. The molecule has 0 bridgehead atoms. The van der Waals surface area contributed by atoms with E-state index in [1.165, 1.54) is 0 Å². The molecule has 4 aliphatic carbocycles. The molecule has 1 aromatic carbocycles. The predicted molar refractivity (Wildman–Crippen MR) is 140 cm³/mol. The molecule has 0 saturated heterocycles. The van der Waals surface area contributed by atoms with Gasteiger partial charge in [-0.15, -0.1) is 0 Å². The normalized spacial score (nSPS) is 36.5. The first-order valence-corrected chi connectivity index (χ1v) is 13.6. The summed E-state index contributed by atoms with van der Waals surface area (Å²) in [4.78, 5) is 13.2. The Bertz CT molecular complexity index is 1310. The molecule has 2 aromatic rings. The van der Waals surface area contributed by atoms with Gasteiger partial charge >= 0.3 is 5.97 Å². The van der Waals surface area contributed by atoms with E-state index >= 15 is 4.39 Å². The van der Waals surface area contributed by atoms with Crippen molar-refractivity contribution in [3.8, 4) is 5.69 Å². The summed E-state index contributed by atoms with van der Waals surface area (Å²) in [6, 6.07) is 9.89. The minimum absolute atomic E-state index is 0.121. The van der Waals surface area contributed by atoms with E-state index in [1.807, 2.05) is 68.1 Å². The molecule has 6 heteroatoms. The average Bonchev–Trinajstić information content (AvgIpc) is 3.37. The second kappa shape index (κ2) is 8.13. The number of halogens is 1. The van der Waals surface area contributed by atoms with Gasteiger partial charge < -0.3 is 9.84 Å². The van der Waals surface area contributed by atoms with Crippen molar-refractivity contribution >= 4 is 12.0 Å². The number of hydrogen-bond donors (Lipinski definition) is 1. The molecule has 4 aliphatic rings. The van der Waals surface area contributed by atoms with Gasteiger partial charge in [-0.05, 0) is 99.1 Å². The van der Waals surface area contributed by atoms with Crippen LogP contribution in [0.1, 0.15) is 65.1 Å². The van der Waals surface area contributed by atoms with Crippen LogP contribution < -0.4 is 0 Å². The lowest BCUT2D eigenvalue weighted by molar-refractivity contribution is -0.169. The van der Waals surface area contributed by atoms with Crippen LogP contribution in [-0.4, -0.2) is 32.6 Å². The minimum atomic E-state index is -0.641. The molecule has 0 spiro atoms. The number of para-hydroxylation sites is 1. The largest absolute Gasteiger partial charge is 0.460 e. The zero-order valence-electron chi connectivity index (χ0n) is 22.4. The van der Waals surface area contributed by atoms with Crippen molar-refractivity contribution in [1.29, 1.82) is 0 Å². The van der Waals surface area contributed by atoms with Gasteiger partial charge in [0, 0.05) is 11.3 Å². The molecular formula is C31H37FN2O3. The van der Waals surface area contributed by atoms with Crippen molar-refractivity contribution in [3.05, 3.63) is 65.3 Å². The Morgan fingerprint density at radius 3 is 2.62 bits per heavy atom. The van der Waals surface area contributed by atoms with Crippen LogP contribution in [-0.2, 0) is 16.0 Å². The molecule has 0 aliphatic heterocycles. The molecule has 196 valence electrons. The molecule has 1 heterocycles. The number of ether oxygens (including phenoxy) is 1. The van der Waals surface area contributed by atoms with Crippen LogP contribution in [0.25, 0.3) is 11.8 Å². The summed E-state index contributed by atoms with van der Waals surface area (Å²) in [5.41, 5.74) is 2.04. The summed E-state index contributed by atoms with van der Waals surface area (Å²) < 4.78 is 23.7. The van der Waals surface area contributed by atoms with Gasteiger partial charge in [-0.2, -0.15) is 5.10 Å². The van der Waals surface area contributed by atoms with Crippen molar-refractivity contribution in [3.63, 3.8) is 0 Å². The highest BCUT2D eigenvalue weighted by molar-refractivity contribution is 5.74. The van der Waals surface area contributed by atoms with E-state index in [2.05, 4.69) is 18.9 Å². The zero-order valence-corrected chi connectivity index (χ0v) is 22.4. The number of fused-ring (bicyclic) bond motifs is 6. The van der Waals surface area contributed by atoms with Crippen LogP contribution in [0.3, 0.4) is 0 Å². The number of rotatable bonds is 2. The maximum absolute atomic E-state index is 16.0. The molecule has 6 rings (SSSR count). The molecule has 2 fully saturated rings. The summed E-state index contributed by atoms with van der Waals surface area (Å²) in [6.07, 6.45) is 7.65. The highest BCUT2D eigenvalue weighted by atomic mass is 19.1. The van der Waals surface area contributed by atoms with E-state index in [1.54, 1.807) is 6.08 Å². The maximum Gasteiger partial charge on any atom is 0.310 e. The minimum Gasteiger partial charge on any atom is -0.460 e. The van der Waals surface area contributed by atoms with Crippen molar-refractivity contribution in [2.45, 2.75) is 72.0 Å². The standard InChI is InChI=1S/C31H37FN2O3/c1-29(2,3)37-28(36)22-12-11-21-20-13-24(32)23-14-25-18(17-33-34(25)19-9-7-6-8-10-19)15-31(23,5)27(20)26(35)16-30(21,22)4/h6-10,13-14,17,20-22,26-27,35H,11-12,15-16H2,1-5H3. The fraction of sp³-hybridized carbons (Fsp3) is 0.548. The Hall–Kier alpha value is -2.73. The van der Waals surface area contributed by atoms with Crippen LogP contribution in [0.15, 0.2) is 54.0 Å². The third-order valence-corrected chi connectivity index (χ3v) is 9.72. The Kier molecular flexibility index (Phi) is 5.41. The first kappa shape index (κ1) is 24.6. The third kappa shape index (κ3) is 3.66. The molecule has 7 unspecified atom stereocenters. The highest BCUT2D eigenvalue weighted by Crippen LogP contribution is 2.66. The summed E-state index contributed by atoms with van der Waals surface area (Å²) in [5.74, 6) is -0.805. The molecule has 37 heavy (non-hydrogen) atoms. The van der Waals surface area contributed by atoms with E-state index in [4.69, 9.17) is 4.74 Å². The van der Waals surface area contributed by atoms with Gasteiger partial charge in [0.05, 0.1) is 29.6 Å². The number of aromatic nitrogens is 2. The molecular weight excluding hydrogens is 467 g/mol. The van der Waals surface area contributed by atoms with E-state index < -0.39 is 22.5 Å². The number of esters is 1. The van der Waals surface area contributed by atoms with E-state index in [0.717, 1.165) is 29.8 Å². The second-order valence-electron chi connectivity index (χ2n) is 13.1. The van der Waals surface area contributed by atoms with Gasteiger partial charge in [0.2, 0.25) is 0 Å². The Labute approximate surface area is 218 Å². The number of nitrogens with zero attached hydrogens (tertiary/aromatic N) is 2. The summed E-state index contributed by atoms with van der Waals surface area (Å²) in [5, 5.41) is 16.4. The number of carbonyl (C=O) groups excluding carboxylic acids is 1. The topological polar surface area (TPSA) is 64.3 Å². The number of allylic oxidation sites excluding steroid dienone is 3. The molecule has 7 atom stereocenters. The molecule has 5 nitrogen and oxygen atoms in total. The van der Waals surface area contributed by atoms with Gasteiger partial charge in [-0.1, -0.05) is 32.0 Å². The van der Waals surface area contributed by atoms with Crippen LogP contribution >= 0.6 is 0 Å². The Morgan fingerprint density at radius 1 is 1.19 bits per heavy atom. The van der Waals surface area contributed by atoms with Crippen LogP contribution in [0.4, 0.5) is 4.39 Å². The van der Waals surface area contributed by atoms with Crippen LogP contribution in [0.5, 0.6) is 0 Å². The molecule has 0 radical (unpaired) electrons. The van der Waals surface area contributed by atoms with Crippen molar-refractivity contribution in [1.82, 2.24) is 9.78 Å². The summed E-state index contributed by atoms with van der Waals surface area (Å²) >= 11 is 0. The Balaban J connectivity index is 1.39. The van der Waals surface area contributed by atoms with Gasteiger partial charge in [0.15, 0.2) is 0 Å². The van der Waals surface area contributed by atoms with Gasteiger partial charge in [0.25, 0.3) is 0 Å². The molecule has 1 N–H and O–H groups in total. The fourth-order valence-corrected chi connectivity index (χ4v) is 8.25. The van der Waals surface area contributed by atoms with Gasteiger partial charge in [-0.25, -0.2) is 9.07 Å². The van der Waals surface area contributed by atoms with Crippen molar-refractivity contribution in [2.24, 2.45) is 34.5 Å². The number of hydrogen-bond acceptors (Lipinski definition) is 4. The quantitative estimate of drug-likeness (QED) is 0.505. The molecule has 1 aromatic heterocycles.